The van der Waals surface area contributed by atoms with Crippen molar-refractivity contribution in [3.8, 4) is 0 Å². The molecular weight excluding hydrogens is 353 g/mol. The molecular formula is C13H20N5O6P. The van der Waals surface area contributed by atoms with E-state index >= 15 is 0 Å². The molecule has 1 fully saturated rings. The van der Waals surface area contributed by atoms with Crippen LogP contribution in [0.2, 0.25) is 0 Å². The van der Waals surface area contributed by atoms with Crippen molar-refractivity contribution in [2.45, 2.75) is 44.6 Å². The van der Waals surface area contributed by atoms with Crippen LogP contribution >= 0.6 is 7.82 Å². The molecule has 3 rings (SSSR count). The molecule has 3 heterocycles. The summed E-state index contributed by atoms with van der Waals surface area (Å²) in [6.07, 6.45) is 1.90. The Morgan fingerprint density at radius 1 is 1.52 bits per heavy atom. The van der Waals surface area contributed by atoms with Crippen molar-refractivity contribution in [3.63, 3.8) is 0 Å². The van der Waals surface area contributed by atoms with E-state index in [2.05, 4.69) is 14.5 Å². The number of phosphoric acid groups is 1. The number of phosphoric ester groups is 1. The molecule has 11 nitrogen and oxygen atoms in total. The summed E-state index contributed by atoms with van der Waals surface area (Å²) in [4.78, 5) is 38.1. The van der Waals surface area contributed by atoms with E-state index in [1.165, 1.54) is 17.9 Å². The number of ether oxygens (including phenoxy) is 1. The second-order valence-electron chi connectivity index (χ2n) is 6.09. The van der Waals surface area contributed by atoms with Crippen LogP contribution in [-0.2, 0) is 20.9 Å². The van der Waals surface area contributed by atoms with E-state index < -0.39 is 13.9 Å². The molecule has 0 radical (unpaired) electrons. The monoisotopic (exact) mass is 373 g/mol. The molecule has 138 valence electrons. The lowest BCUT2D eigenvalue weighted by Gasteiger charge is -2.19. The zero-order valence-corrected chi connectivity index (χ0v) is 14.7. The summed E-state index contributed by atoms with van der Waals surface area (Å²) >= 11 is 0. The summed E-state index contributed by atoms with van der Waals surface area (Å²) in [5.41, 5.74) is 5.97. The number of hydrogen-bond donors (Lipinski definition) is 3. The Morgan fingerprint density at radius 3 is 2.92 bits per heavy atom. The molecule has 1 aliphatic rings. The molecule has 2 unspecified atom stereocenters. The van der Waals surface area contributed by atoms with Gasteiger partial charge in [-0.3, -0.25) is 18.5 Å². The highest BCUT2D eigenvalue weighted by Crippen LogP contribution is 2.40. The van der Waals surface area contributed by atoms with Crippen LogP contribution in [0.3, 0.4) is 0 Å². The highest BCUT2D eigenvalue weighted by atomic mass is 31.2. The van der Waals surface area contributed by atoms with Crippen molar-refractivity contribution in [1.29, 1.82) is 0 Å². The number of aromatic nitrogens is 4. The van der Waals surface area contributed by atoms with Crippen LogP contribution in [-0.4, -0.2) is 41.1 Å². The van der Waals surface area contributed by atoms with Gasteiger partial charge in [0.1, 0.15) is 6.23 Å². The fourth-order valence-corrected chi connectivity index (χ4v) is 3.54. The number of nitrogens with zero attached hydrogens (tertiary/aromatic N) is 4. The largest absolute Gasteiger partial charge is 0.469 e. The summed E-state index contributed by atoms with van der Waals surface area (Å²) in [6.45, 7) is 1.58. The summed E-state index contributed by atoms with van der Waals surface area (Å²) in [7, 11) is -3.00. The third-order valence-corrected chi connectivity index (χ3v) is 4.78. The smallest absolute Gasteiger partial charge is 0.369 e. The molecule has 0 aliphatic carbocycles. The molecule has 2 aromatic rings. The lowest BCUT2D eigenvalue weighted by molar-refractivity contribution is -0.0158. The van der Waals surface area contributed by atoms with Gasteiger partial charge in [-0.15, -0.1) is 0 Å². The van der Waals surface area contributed by atoms with Crippen molar-refractivity contribution in [1.82, 2.24) is 19.1 Å². The van der Waals surface area contributed by atoms with E-state index in [0.717, 1.165) is 0 Å². The van der Waals surface area contributed by atoms with Gasteiger partial charge >= 0.3 is 7.82 Å². The number of anilines is 1. The molecule has 0 spiro atoms. The Morgan fingerprint density at radius 2 is 2.24 bits per heavy atom. The first-order chi connectivity index (χ1) is 11.7. The van der Waals surface area contributed by atoms with Crippen LogP contribution in [0.4, 0.5) is 5.95 Å². The number of imidazole rings is 1. The number of nitrogens with two attached hydrogens (primary N) is 1. The highest BCUT2D eigenvalue weighted by Gasteiger charge is 2.31. The fourth-order valence-electron chi connectivity index (χ4n) is 2.99. The first-order valence-corrected chi connectivity index (χ1v) is 9.27. The summed E-state index contributed by atoms with van der Waals surface area (Å²) < 4.78 is 24.3. The van der Waals surface area contributed by atoms with Crippen molar-refractivity contribution in [2.75, 3.05) is 5.73 Å². The van der Waals surface area contributed by atoms with Gasteiger partial charge in [0.2, 0.25) is 5.95 Å². The minimum absolute atomic E-state index is 0.0810. The van der Waals surface area contributed by atoms with Crippen molar-refractivity contribution in [3.05, 3.63) is 16.7 Å². The minimum Gasteiger partial charge on any atom is -0.369 e. The van der Waals surface area contributed by atoms with Gasteiger partial charge in [0.25, 0.3) is 5.56 Å². The minimum atomic E-state index is -4.52. The topological polar surface area (TPSA) is 155 Å². The van der Waals surface area contributed by atoms with Crippen molar-refractivity contribution >= 4 is 24.9 Å². The molecule has 2 aromatic heterocycles. The third kappa shape index (κ3) is 3.75. The van der Waals surface area contributed by atoms with Crippen LogP contribution in [0.5, 0.6) is 0 Å². The van der Waals surface area contributed by atoms with E-state index in [9.17, 15) is 9.36 Å². The van der Waals surface area contributed by atoms with Gasteiger partial charge in [-0.1, -0.05) is 0 Å². The van der Waals surface area contributed by atoms with Gasteiger partial charge < -0.3 is 20.3 Å². The van der Waals surface area contributed by atoms with Crippen LogP contribution in [0.1, 0.15) is 32.4 Å². The lowest BCUT2D eigenvalue weighted by Crippen LogP contribution is -2.22. The molecule has 1 aliphatic heterocycles. The Balaban J connectivity index is 1.76. The Kier molecular flexibility index (Phi) is 4.69. The maximum Gasteiger partial charge on any atom is 0.469 e. The van der Waals surface area contributed by atoms with Crippen LogP contribution in [0.15, 0.2) is 11.1 Å². The first-order valence-electron chi connectivity index (χ1n) is 7.74. The number of nitrogen functional groups attached to an aromatic ring is 1. The van der Waals surface area contributed by atoms with Crippen LogP contribution < -0.4 is 11.3 Å². The molecule has 1 saturated heterocycles. The van der Waals surface area contributed by atoms with Gasteiger partial charge in [-0.2, -0.15) is 4.98 Å². The standard InChI is InChI=1S/C13H20N5O6P/c1-7(24-25(20,21)22)5-8-3-4-9(23-8)18-6-15-10-11(18)16-13(14)17(2)12(10)19/h6-9H,3-5H2,1-2H3,(H2,14,16)(H2,20,21,22)/t7?,8?,9-/m1/s1. The van der Waals surface area contributed by atoms with Gasteiger partial charge in [0, 0.05) is 13.5 Å². The Bertz CT molecular complexity index is 889. The van der Waals surface area contributed by atoms with E-state index in [4.69, 9.17) is 20.3 Å². The average Bonchev–Trinajstić information content (AvgIpc) is 3.09. The molecule has 0 amide bonds. The Labute approximate surface area is 142 Å². The number of hydrogen-bond acceptors (Lipinski definition) is 7. The van der Waals surface area contributed by atoms with Gasteiger partial charge in [-0.05, 0) is 19.8 Å². The maximum absolute atomic E-state index is 12.2. The molecule has 3 atom stereocenters. The fraction of sp³-hybridized carbons (Fsp3) is 0.615. The number of fused-ring (bicyclic) bond motifs is 1. The zero-order chi connectivity index (χ0) is 18.4. The maximum atomic E-state index is 12.2. The second kappa shape index (κ2) is 6.50. The lowest BCUT2D eigenvalue weighted by atomic mass is 10.1. The van der Waals surface area contributed by atoms with Gasteiger partial charge in [0.15, 0.2) is 11.2 Å². The predicted molar refractivity (Wildman–Crippen MR) is 87.5 cm³/mol. The van der Waals surface area contributed by atoms with E-state index in [1.54, 1.807) is 11.5 Å². The average molecular weight is 373 g/mol. The summed E-state index contributed by atoms with van der Waals surface area (Å²) in [6, 6.07) is 0. The number of rotatable bonds is 5. The summed E-state index contributed by atoms with van der Waals surface area (Å²) in [5, 5.41) is 0. The van der Waals surface area contributed by atoms with Gasteiger partial charge in [0.05, 0.1) is 18.5 Å². The second-order valence-corrected chi connectivity index (χ2v) is 7.28. The molecule has 0 bridgehead atoms. The van der Waals surface area contributed by atoms with Crippen LogP contribution in [0, 0.1) is 0 Å². The SMILES string of the molecule is CC(CC1CC[C@H](n2cnc3c(=O)n(C)c(N)nc32)O1)OP(=O)(O)O. The van der Waals surface area contributed by atoms with E-state index in [1.807, 2.05) is 0 Å². The van der Waals surface area contributed by atoms with Crippen molar-refractivity contribution < 1.29 is 23.6 Å². The molecule has 12 heteroatoms. The highest BCUT2D eigenvalue weighted by molar-refractivity contribution is 7.46. The van der Waals surface area contributed by atoms with E-state index in [-0.39, 0.29) is 29.4 Å². The molecule has 4 N–H and O–H groups in total. The van der Waals surface area contributed by atoms with Crippen LogP contribution in [0.25, 0.3) is 11.2 Å². The molecule has 0 saturated carbocycles. The van der Waals surface area contributed by atoms with Gasteiger partial charge in [-0.25, -0.2) is 9.55 Å². The molecule has 25 heavy (non-hydrogen) atoms. The first kappa shape index (κ1) is 18.0. The normalized spacial score (nSPS) is 22.6. The molecule has 0 aromatic carbocycles. The predicted octanol–water partition coefficient (Wildman–Crippen LogP) is 0.278. The quantitative estimate of drug-likeness (QED) is 0.627. The summed E-state index contributed by atoms with van der Waals surface area (Å²) in [5.74, 6) is 0.0810. The third-order valence-electron chi connectivity index (χ3n) is 4.15. The Hall–Kier alpha value is -1.78. The zero-order valence-electron chi connectivity index (χ0n) is 13.8. The van der Waals surface area contributed by atoms with Crippen molar-refractivity contribution in [2.24, 2.45) is 7.05 Å². The van der Waals surface area contributed by atoms with E-state index in [0.29, 0.717) is 24.9 Å².